The van der Waals surface area contributed by atoms with Crippen LogP contribution in [0.3, 0.4) is 0 Å². The number of rotatable bonds is 10. The molecule has 0 radical (unpaired) electrons. The van der Waals surface area contributed by atoms with Gasteiger partial charge in [-0.3, -0.25) is 0 Å². The van der Waals surface area contributed by atoms with Crippen molar-refractivity contribution in [2.45, 2.75) is 77.2 Å². The van der Waals surface area contributed by atoms with Crippen molar-refractivity contribution in [3.8, 4) is 0 Å². The van der Waals surface area contributed by atoms with Crippen LogP contribution in [-0.2, 0) is 37.0 Å². The SMILES string of the molecule is CCOC(=O)C(F)(F)[C@]1(C)O[C@H](CC)[C@H](C)[C@H](OCc2ccccc2)[C@H]1OCc1ccccc1. The van der Waals surface area contributed by atoms with Crippen molar-refractivity contribution in [2.75, 3.05) is 6.61 Å². The number of alkyl halides is 2. The Bertz CT molecular complexity index is 908. The van der Waals surface area contributed by atoms with Gasteiger partial charge in [0.25, 0.3) is 0 Å². The highest BCUT2D eigenvalue weighted by Gasteiger charge is 2.68. The van der Waals surface area contributed by atoms with Crippen LogP contribution in [0.4, 0.5) is 8.78 Å². The van der Waals surface area contributed by atoms with Crippen molar-refractivity contribution in [1.82, 2.24) is 0 Å². The molecule has 1 aliphatic heterocycles. The first-order chi connectivity index (χ1) is 16.2. The fraction of sp³-hybridized carbons (Fsp3) is 0.519. The van der Waals surface area contributed by atoms with E-state index in [0.717, 1.165) is 11.1 Å². The number of ether oxygens (including phenoxy) is 4. The van der Waals surface area contributed by atoms with Crippen molar-refractivity contribution in [1.29, 1.82) is 0 Å². The van der Waals surface area contributed by atoms with Gasteiger partial charge in [-0.2, -0.15) is 8.78 Å². The van der Waals surface area contributed by atoms with Crippen molar-refractivity contribution < 1.29 is 32.5 Å². The van der Waals surface area contributed by atoms with E-state index in [0.29, 0.717) is 6.42 Å². The monoisotopic (exact) mass is 476 g/mol. The minimum absolute atomic E-state index is 0.0675. The Morgan fingerprint density at radius 3 is 2.00 bits per heavy atom. The smallest absolute Gasteiger partial charge is 0.380 e. The predicted octanol–water partition coefficient (Wildman–Crippen LogP) is 5.56. The second-order valence-corrected chi connectivity index (χ2v) is 8.80. The number of hydrogen-bond acceptors (Lipinski definition) is 5. The zero-order valence-corrected chi connectivity index (χ0v) is 20.2. The molecule has 0 bridgehead atoms. The van der Waals surface area contributed by atoms with Gasteiger partial charge >= 0.3 is 11.9 Å². The van der Waals surface area contributed by atoms with Crippen molar-refractivity contribution in [3.05, 3.63) is 71.8 Å². The van der Waals surface area contributed by atoms with E-state index < -0.39 is 35.8 Å². The van der Waals surface area contributed by atoms with E-state index >= 15 is 8.78 Å². The van der Waals surface area contributed by atoms with Gasteiger partial charge in [-0.15, -0.1) is 0 Å². The number of halogens is 2. The molecule has 1 aliphatic rings. The Labute approximate surface area is 200 Å². The van der Waals surface area contributed by atoms with Gasteiger partial charge in [0.15, 0.2) is 5.60 Å². The molecule has 0 unspecified atom stereocenters. The third-order valence-electron chi connectivity index (χ3n) is 6.46. The summed E-state index contributed by atoms with van der Waals surface area (Å²) in [6, 6.07) is 18.8. The Morgan fingerprint density at radius 1 is 0.971 bits per heavy atom. The van der Waals surface area contributed by atoms with Crippen LogP contribution in [0.15, 0.2) is 60.7 Å². The van der Waals surface area contributed by atoms with Crippen LogP contribution in [0.5, 0.6) is 0 Å². The molecule has 0 spiro atoms. The average Bonchev–Trinajstić information content (AvgIpc) is 2.84. The summed E-state index contributed by atoms with van der Waals surface area (Å²) in [5, 5.41) is 0. The highest BCUT2D eigenvalue weighted by molar-refractivity contribution is 5.79. The zero-order chi connectivity index (χ0) is 24.8. The Balaban J connectivity index is 1.98. The lowest BCUT2D eigenvalue weighted by Gasteiger charge is -2.52. The maximum Gasteiger partial charge on any atom is 0.380 e. The van der Waals surface area contributed by atoms with Gasteiger partial charge in [0.05, 0.1) is 32.0 Å². The molecule has 1 fully saturated rings. The van der Waals surface area contributed by atoms with Crippen molar-refractivity contribution in [2.24, 2.45) is 5.92 Å². The lowest BCUT2D eigenvalue weighted by atomic mass is 9.77. The van der Waals surface area contributed by atoms with Gasteiger partial charge in [-0.25, -0.2) is 4.79 Å². The molecule has 34 heavy (non-hydrogen) atoms. The maximum atomic E-state index is 15.7. The molecule has 0 N–H and O–H groups in total. The van der Waals surface area contributed by atoms with E-state index in [4.69, 9.17) is 18.9 Å². The van der Waals surface area contributed by atoms with Crippen molar-refractivity contribution >= 4 is 5.97 Å². The zero-order valence-electron chi connectivity index (χ0n) is 20.2. The van der Waals surface area contributed by atoms with E-state index in [2.05, 4.69) is 0 Å². The molecule has 0 aromatic heterocycles. The second-order valence-electron chi connectivity index (χ2n) is 8.80. The molecule has 0 amide bonds. The number of hydrogen-bond donors (Lipinski definition) is 0. The molecule has 5 atom stereocenters. The van der Waals surface area contributed by atoms with E-state index in [1.807, 2.05) is 74.5 Å². The molecule has 3 rings (SSSR count). The minimum atomic E-state index is -3.95. The number of benzene rings is 2. The van der Waals surface area contributed by atoms with Gasteiger partial charge in [-0.05, 0) is 31.4 Å². The van der Waals surface area contributed by atoms with Crippen molar-refractivity contribution in [3.63, 3.8) is 0 Å². The van der Waals surface area contributed by atoms with Crippen LogP contribution < -0.4 is 0 Å². The minimum Gasteiger partial charge on any atom is -0.461 e. The van der Waals surface area contributed by atoms with E-state index in [1.54, 1.807) is 0 Å². The van der Waals surface area contributed by atoms with E-state index in [-0.39, 0.29) is 25.7 Å². The number of carbonyl (C=O) groups is 1. The van der Waals surface area contributed by atoms with Crippen LogP contribution in [0.25, 0.3) is 0 Å². The average molecular weight is 477 g/mol. The summed E-state index contributed by atoms with van der Waals surface area (Å²) in [5.74, 6) is -5.83. The Kier molecular flexibility index (Phi) is 8.79. The topological polar surface area (TPSA) is 54.0 Å². The summed E-state index contributed by atoms with van der Waals surface area (Å²) >= 11 is 0. The summed E-state index contributed by atoms with van der Waals surface area (Å²) in [6.45, 7) is 6.61. The number of esters is 1. The highest BCUT2D eigenvalue weighted by Crippen LogP contribution is 2.47. The Morgan fingerprint density at radius 2 is 1.50 bits per heavy atom. The fourth-order valence-electron chi connectivity index (χ4n) is 4.44. The molecule has 1 heterocycles. The molecule has 0 aliphatic carbocycles. The Hall–Kier alpha value is -2.35. The van der Waals surface area contributed by atoms with Crippen LogP contribution >= 0.6 is 0 Å². The van der Waals surface area contributed by atoms with Crippen LogP contribution in [0.1, 0.15) is 45.2 Å². The quantitative estimate of drug-likeness (QED) is 0.420. The predicted molar refractivity (Wildman–Crippen MR) is 124 cm³/mol. The first kappa shape index (κ1) is 26.3. The lowest BCUT2D eigenvalue weighted by molar-refractivity contribution is -0.326. The van der Waals surface area contributed by atoms with Crippen LogP contribution in [-0.4, -0.2) is 42.4 Å². The standard InChI is InChI=1S/C27H34F2O5/c1-5-22-19(3)23(32-17-20-13-9-7-10-14-20)24(33-18-21-15-11-8-12-16-21)26(4,34-22)27(28,29)25(30)31-6-2/h7-16,19,22-24H,5-6,17-18H2,1-4H3/t19-,22+,23-,24+,26+/m0/s1. The maximum absolute atomic E-state index is 15.7. The van der Waals surface area contributed by atoms with Crippen LogP contribution in [0, 0.1) is 5.92 Å². The molecule has 1 saturated heterocycles. The first-order valence-corrected chi connectivity index (χ1v) is 11.8. The highest BCUT2D eigenvalue weighted by atomic mass is 19.3. The summed E-state index contributed by atoms with van der Waals surface area (Å²) < 4.78 is 54.5. The van der Waals surface area contributed by atoms with Crippen LogP contribution in [0.2, 0.25) is 0 Å². The molecule has 2 aromatic carbocycles. The lowest BCUT2D eigenvalue weighted by Crippen LogP contribution is -2.70. The fourth-order valence-corrected chi connectivity index (χ4v) is 4.44. The molecule has 7 heteroatoms. The molecule has 0 saturated carbocycles. The normalized spacial score (nSPS) is 27.4. The third-order valence-corrected chi connectivity index (χ3v) is 6.46. The molecule has 186 valence electrons. The van der Waals surface area contributed by atoms with Gasteiger partial charge in [0, 0.05) is 5.92 Å². The largest absolute Gasteiger partial charge is 0.461 e. The van der Waals surface area contributed by atoms with Gasteiger partial charge in [0.2, 0.25) is 0 Å². The van der Waals surface area contributed by atoms with Gasteiger partial charge in [-0.1, -0.05) is 74.5 Å². The molecule has 2 aromatic rings. The summed E-state index contributed by atoms with van der Waals surface area (Å²) in [4.78, 5) is 12.4. The molecular weight excluding hydrogens is 442 g/mol. The van der Waals surface area contributed by atoms with E-state index in [9.17, 15) is 4.79 Å². The van der Waals surface area contributed by atoms with E-state index in [1.165, 1.54) is 13.8 Å². The third kappa shape index (κ3) is 5.48. The molecule has 5 nitrogen and oxygen atoms in total. The van der Waals surface area contributed by atoms with Gasteiger partial charge in [0.1, 0.15) is 6.10 Å². The summed E-state index contributed by atoms with van der Waals surface area (Å²) in [6.07, 6.45) is -2.05. The molecular formula is C27H34F2O5. The summed E-state index contributed by atoms with van der Waals surface area (Å²) in [7, 11) is 0. The first-order valence-electron chi connectivity index (χ1n) is 11.8. The summed E-state index contributed by atoms with van der Waals surface area (Å²) in [5.41, 5.74) is -0.561. The second kappa shape index (κ2) is 11.4. The number of carbonyl (C=O) groups excluding carboxylic acids is 1. The van der Waals surface area contributed by atoms with Gasteiger partial charge < -0.3 is 18.9 Å².